The molecule has 0 aliphatic carbocycles. The molecule has 0 aliphatic heterocycles. The Hall–Kier alpha value is -1.22. The van der Waals surface area contributed by atoms with E-state index in [0.29, 0.717) is 6.42 Å². The Balaban J connectivity index is 0. The summed E-state index contributed by atoms with van der Waals surface area (Å²) in [5, 5.41) is 2.75. The van der Waals surface area contributed by atoms with Gasteiger partial charge in [0.15, 0.2) is 0 Å². The molecule has 14 heavy (non-hydrogen) atoms. The molecular weight excluding hydrogens is 176 g/mol. The van der Waals surface area contributed by atoms with Gasteiger partial charge in [0.2, 0.25) is 0 Å². The molecule has 0 aliphatic rings. The summed E-state index contributed by atoms with van der Waals surface area (Å²) in [6.45, 7) is 4.00. The van der Waals surface area contributed by atoms with Crippen molar-refractivity contribution in [2.75, 3.05) is 14.1 Å². The third-order valence-corrected chi connectivity index (χ3v) is 1.04. The summed E-state index contributed by atoms with van der Waals surface area (Å²) in [6.07, 6.45) is 4.72. The molecule has 1 aromatic rings. The number of hydrogen-bond acceptors (Lipinski definition) is 3. The van der Waals surface area contributed by atoms with Crippen molar-refractivity contribution in [3.63, 3.8) is 0 Å². The smallest absolute Gasteiger partial charge is 0.124 e. The fourth-order valence-corrected chi connectivity index (χ4v) is 0.615. The van der Waals surface area contributed by atoms with Gasteiger partial charge in [-0.2, -0.15) is 0 Å². The van der Waals surface area contributed by atoms with Crippen LogP contribution in [0.25, 0.3) is 0 Å². The molecule has 0 radical (unpaired) electrons. The average molecular weight is 196 g/mol. The number of aldehydes is 1. The number of carbonyl (C=O) groups excluding carboxylic acids is 1. The summed E-state index contributed by atoms with van der Waals surface area (Å²) < 4.78 is 0. The van der Waals surface area contributed by atoms with Crippen LogP contribution in [0.3, 0.4) is 0 Å². The van der Waals surface area contributed by atoms with Crippen LogP contribution in [0.15, 0.2) is 24.5 Å². The highest BCUT2D eigenvalue weighted by atomic mass is 16.1. The second-order valence-electron chi connectivity index (χ2n) is 2.23. The Kier molecular flexibility index (Phi) is 15.6. The second-order valence-corrected chi connectivity index (χ2v) is 2.23. The van der Waals surface area contributed by atoms with Crippen molar-refractivity contribution in [2.45, 2.75) is 20.3 Å². The number of nitrogens with one attached hydrogen (secondary N) is 1. The minimum atomic E-state index is 0.466. The largest absolute Gasteiger partial charge is 0.323 e. The second kappa shape index (κ2) is 14.3. The fourth-order valence-electron chi connectivity index (χ4n) is 0.615. The maximum Gasteiger partial charge on any atom is 0.124 e. The SMILES string of the molecule is CC.CNC.O=CCc1cccnc1. The van der Waals surface area contributed by atoms with E-state index in [1.54, 1.807) is 12.4 Å². The number of hydrogen-bond donors (Lipinski definition) is 1. The van der Waals surface area contributed by atoms with Crippen LogP contribution in [0.2, 0.25) is 0 Å². The van der Waals surface area contributed by atoms with Gasteiger partial charge in [0, 0.05) is 18.8 Å². The quantitative estimate of drug-likeness (QED) is 0.732. The van der Waals surface area contributed by atoms with Crippen LogP contribution in [-0.2, 0) is 11.2 Å². The number of rotatable bonds is 2. The van der Waals surface area contributed by atoms with Gasteiger partial charge in [0.05, 0.1) is 0 Å². The number of aromatic nitrogens is 1. The van der Waals surface area contributed by atoms with E-state index >= 15 is 0 Å². The van der Waals surface area contributed by atoms with Crippen LogP contribution in [0.1, 0.15) is 19.4 Å². The van der Waals surface area contributed by atoms with Crippen molar-refractivity contribution in [1.82, 2.24) is 10.3 Å². The van der Waals surface area contributed by atoms with Gasteiger partial charge in [-0.3, -0.25) is 4.98 Å². The Morgan fingerprint density at radius 2 is 2.00 bits per heavy atom. The van der Waals surface area contributed by atoms with E-state index in [1.807, 2.05) is 40.1 Å². The Bertz CT molecular complexity index is 200. The molecule has 80 valence electrons. The van der Waals surface area contributed by atoms with Crippen LogP contribution >= 0.6 is 0 Å². The normalized spacial score (nSPS) is 7.43. The van der Waals surface area contributed by atoms with Crippen molar-refractivity contribution in [2.24, 2.45) is 0 Å². The van der Waals surface area contributed by atoms with E-state index < -0.39 is 0 Å². The van der Waals surface area contributed by atoms with Gasteiger partial charge in [0.1, 0.15) is 6.29 Å². The average Bonchev–Trinajstić information content (AvgIpc) is 2.24. The molecule has 1 aromatic heterocycles. The molecule has 0 fully saturated rings. The van der Waals surface area contributed by atoms with Crippen molar-refractivity contribution in [1.29, 1.82) is 0 Å². The number of nitrogens with zero attached hydrogens (tertiary/aromatic N) is 1. The van der Waals surface area contributed by atoms with Crippen LogP contribution in [0.4, 0.5) is 0 Å². The molecule has 3 heteroatoms. The lowest BCUT2D eigenvalue weighted by molar-refractivity contribution is -0.107. The highest BCUT2D eigenvalue weighted by Gasteiger charge is 1.85. The lowest BCUT2D eigenvalue weighted by atomic mass is 10.2. The Morgan fingerprint density at radius 1 is 1.43 bits per heavy atom. The molecule has 0 aromatic carbocycles. The molecule has 0 amide bonds. The van der Waals surface area contributed by atoms with Crippen molar-refractivity contribution in [3.05, 3.63) is 30.1 Å². The van der Waals surface area contributed by atoms with E-state index in [0.717, 1.165) is 11.8 Å². The van der Waals surface area contributed by atoms with Gasteiger partial charge in [-0.25, -0.2) is 0 Å². The summed E-state index contributed by atoms with van der Waals surface area (Å²) in [7, 11) is 3.75. The van der Waals surface area contributed by atoms with E-state index in [4.69, 9.17) is 0 Å². The zero-order chi connectivity index (χ0) is 11.2. The first-order valence-electron chi connectivity index (χ1n) is 4.76. The lowest BCUT2D eigenvalue weighted by Crippen LogP contribution is -1.89. The molecule has 0 saturated carbocycles. The highest BCUT2D eigenvalue weighted by Crippen LogP contribution is 1.92. The summed E-state index contributed by atoms with van der Waals surface area (Å²) in [5.41, 5.74) is 0.965. The maximum absolute atomic E-state index is 9.95. The summed E-state index contributed by atoms with van der Waals surface area (Å²) in [5.74, 6) is 0. The zero-order valence-electron chi connectivity index (χ0n) is 9.45. The van der Waals surface area contributed by atoms with Crippen molar-refractivity contribution in [3.8, 4) is 0 Å². The van der Waals surface area contributed by atoms with Gasteiger partial charge < -0.3 is 10.1 Å². The van der Waals surface area contributed by atoms with Gasteiger partial charge in [-0.05, 0) is 25.7 Å². The fraction of sp³-hybridized carbons (Fsp3) is 0.455. The monoisotopic (exact) mass is 196 g/mol. The highest BCUT2D eigenvalue weighted by molar-refractivity contribution is 5.54. The molecule has 1 N–H and O–H groups in total. The Morgan fingerprint density at radius 3 is 2.36 bits per heavy atom. The maximum atomic E-state index is 9.95. The lowest BCUT2D eigenvalue weighted by Gasteiger charge is -1.88. The molecule has 0 unspecified atom stereocenters. The van der Waals surface area contributed by atoms with Crippen LogP contribution < -0.4 is 5.32 Å². The predicted molar refractivity (Wildman–Crippen MR) is 60.3 cm³/mol. The molecule has 3 nitrogen and oxygen atoms in total. The van der Waals surface area contributed by atoms with Crippen LogP contribution in [0, 0.1) is 0 Å². The van der Waals surface area contributed by atoms with Gasteiger partial charge >= 0.3 is 0 Å². The van der Waals surface area contributed by atoms with E-state index in [1.165, 1.54) is 0 Å². The third-order valence-electron chi connectivity index (χ3n) is 1.04. The van der Waals surface area contributed by atoms with Gasteiger partial charge in [-0.1, -0.05) is 19.9 Å². The zero-order valence-corrected chi connectivity index (χ0v) is 9.45. The summed E-state index contributed by atoms with van der Waals surface area (Å²) >= 11 is 0. The Labute approximate surface area is 86.6 Å². The van der Waals surface area contributed by atoms with Crippen molar-refractivity contribution < 1.29 is 4.79 Å². The standard InChI is InChI=1S/C7H7NO.C2H7N.C2H6/c9-5-3-7-2-1-4-8-6-7;1-3-2;1-2/h1-2,4-6H,3H2;3H,1-2H3;1-2H3. The third kappa shape index (κ3) is 10.8. The molecular formula is C11H20N2O. The predicted octanol–water partition coefficient (Wildman–Crippen LogP) is 1.68. The topological polar surface area (TPSA) is 42.0 Å². The summed E-state index contributed by atoms with van der Waals surface area (Å²) in [4.78, 5) is 13.8. The molecule has 0 atom stereocenters. The first-order valence-corrected chi connectivity index (χ1v) is 4.76. The van der Waals surface area contributed by atoms with Gasteiger partial charge in [0.25, 0.3) is 0 Å². The molecule has 0 spiro atoms. The number of pyridine rings is 1. The first kappa shape index (κ1) is 15.3. The van der Waals surface area contributed by atoms with E-state index in [-0.39, 0.29) is 0 Å². The first-order chi connectivity index (χ1) is 6.85. The van der Waals surface area contributed by atoms with Crippen LogP contribution in [-0.4, -0.2) is 25.4 Å². The molecule has 1 rings (SSSR count). The van der Waals surface area contributed by atoms with E-state index in [9.17, 15) is 4.79 Å². The summed E-state index contributed by atoms with van der Waals surface area (Å²) in [6, 6.07) is 3.69. The minimum Gasteiger partial charge on any atom is -0.323 e. The molecule has 0 saturated heterocycles. The van der Waals surface area contributed by atoms with Gasteiger partial charge in [-0.15, -0.1) is 0 Å². The molecule has 1 heterocycles. The minimum absolute atomic E-state index is 0.466. The van der Waals surface area contributed by atoms with Crippen molar-refractivity contribution >= 4 is 6.29 Å². The number of carbonyl (C=O) groups is 1. The molecule has 0 bridgehead atoms. The van der Waals surface area contributed by atoms with E-state index in [2.05, 4.69) is 10.3 Å². The van der Waals surface area contributed by atoms with Crippen LogP contribution in [0.5, 0.6) is 0 Å².